The molecule has 2 heterocycles. The molecule has 2 aliphatic rings. The van der Waals surface area contributed by atoms with Gasteiger partial charge < -0.3 is 10.5 Å². The molecule has 1 fully saturated rings. The van der Waals surface area contributed by atoms with Crippen LogP contribution in [0.2, 0.25) is 0 Å². The van der Waals surface area contributed by atoms with Gasteiger partial charge in [-0.25, -0.2) is 8.42 Å². The van der Waals surface area contributed by atoms with Gasteiger partial charge in [0.05, 0.1) is 23.0 Å². The van der Waals surface area contributed by atoms with Crippen molar-refractivity contribution in [1.29, 1.82) is 0 Å². The standard InChI is InChI=1S/C14H18N2O3S/c15-9-12-3-1-2-11-8-13(20(17,18)14(11)12)10-16-4-6-19-7-5-16/h1-3,8H,4-7,9-10,15H2. The van der Waals surface area contributed by atoms with Crippen LogP contribution in [0, 0.1) is 0 Å². The SMILES string of the molecule is NCc1cccc2c1S(=O)(=O)C(CN1CCOCC1)=C2. The maximum atomic E-state index is 12.7. The van der Waals surface area contributed by atoms with Gasteiger partial charge in [-0.15, -0.1) is 0 Å². The quantitative estimate of drug-likeness (QED) is 0.884. The van der Waals surface area contributed by atoms with Crippen molar-refractivity contribution >= 4 is 15.9 Å². The summed E-state index contributed by atoms with van der Waals surface area (Å²) in [4.78, 5) is 2.97. The Morgan fingerprint density at radius 3 is 2.70 bits per heavy atom. The molecule has 1 saturated heterocycles. The van der Waals surface area contributed by atoms with Crippen LogP contribution in [0.15, 0.2) is 28.0 Å². The fourth-order valence-corrected chi connectivity index (χ4v) is 4.53. The second-order valence-corrected chi connectivity index (χ2v) is 6.98. The van der Waals surface area contributed by atoms with Crippen molar-refractivity contribution in [2.45, 2.75) is 11.4 Å². The summed E-state index contributed by atoms with van der Waals surface area (Å²) in [7, 11) is -3.39. The third-order valence-electron chi connectivity index (χ3n) is 3.76. The lowest BCUT2D eigenvalue weighted by Gasteiger charge is -2.26. The molecule has 0 spiro atoms. The van der Waals surface area contributed by atoms with Gasteiger partial charge in [0, 0.05) is 26.2 Å². The predicted molar refractivity (Wildman–Crippen MR) is 76.8 cm³/mol. The molecule has 20 heavy (non-hydrogen) atoms. The Bertz CT molecular complexity index is 646. The van der Waals surface area contributed by atoms with Gasteiger partial charge in [0.15, 0.2) is 0 Å². The van der Waals surface area contributed by atoms with Gasteiger partial charge >= 0.3 is 0 Å². The second-order valence-electron chi connectivity index (χ2n) is 5.04. The van der Waals surface area contributed by atoms with Crippen LogP contribution in [0.4, 0.5) is 0 Å². The summed E-state index contributed by atoms with van der Waals surface area (Å²) >= 11 is 0. The van der Waals surface area contributed by atoms with Gasteiger partial charge in [0.2, 0.25) is 9.84 Å². The van der Waals surface area contributed by atoms with Crippen LogP contribution in [0.25, 0.3) is 6.08 Å². The summed E-state index contributed by atoms with van der Waals surface area (Å²) in [6.45, 7) is 3.55. The number of sulfone groups is 1. The average molecular weight is 294 g/mol. The number of nitrogens with zero attached hydrogens (tertiary/aromatic N) is 1. The third kappa shape index (κ3) is 2.29. The minimum Gasteiger partial charge on any atom is -0.379 e. The van der Waals surface area contributed by atoms with E-state index >= 15 is 0 Å². The molecule has 0 saturated carbocycles. The van der Waals surface area contributed by atoms with Crippen molar-refractivity contribution in [3.8, 4) is 0 Å². The largest absolute Gasteiger partial charge is 0.379 e. The highest BCUT2D eigenvalue weighted by atomic mass is 32.2. The Labute approximate surface area is 118 Å². The maximum Gasteiger partial charge on any atom is 0.204 e. The molecule has 2 N–H and O–H groups in total. The van der Waals surface area contributed by atoms with Gasteiger partial charge in [-0.3, -0.25) is 4.90 Å². The van der Waals surface area contributed by atoms with Crippen LogP contribution in [0.3, 0.4) is 0 Å². The lowest BCUT2D eigenvalue weighted by molar-refractivity contribution is 0.0430. The molecular weight excluding hydrogens is 276 g/mol. The Kier molecular flexibility index (Phi) is 3.64. The Balaban J connectivity index is 1.92. The van der Waals surface area contributed by atoms with Gasteiger partial charge in [0.25, 0.3) is 0 Å². The van der Waals surface area contributed by atoms with Crippen LogP contribution in [-0.2, 0) is 21.1 Å². The molecule has 6 heteroatoms. The van der Waals surface area contributed by atoms with Crippen molar-refractivity contribution in [1.82, 2.24) is 4.90 Å². The molecule has 0 aliphatic carbocycles. The molecular formula is C14H18N2O3S. The van der Waals surface area contributed by atoms with Crippen molar-refractivity contribution in [2.24, 2.45) is 5.73 Å². The summed E-state index contributed by atoms with van der Waals surface area (Å²) < 4.78 is 30.6. The maximum absolute atomic E-state index is 12.7. The van der Waals surface area contributed by atoms with Crippen molar-refractivity contribution in [2.75, 3.05) is 32.8 Å². The topological polar surface area (TPSA) is 72.6 Å². The normalized spacial score (nSPS) is 21.6. The molecule has 0 aromatic heterocycles. The summed E-state index contributed by atoms with van der Waals surface area (Å²) in [5.41, 5.74) is 7.11. The monoisotopic (exact) mass is 294 g/mol. The zero-order chi connectivity index (χ0) is 14.2. The molecule has 0 unspecified atom stereocenters. The van der Waals surface area contributed by atoms with Gasteiger partial charge in [-0.1, -0.05) is 18.2 Å². The first-order valence-corrected chi connectivity index (χ1v) is 8.19. The molecule has 1 aromatic rings. The van der Waals surface area contributed by atoms with E-state index < -0.39 is 9.84 Å². The van der Waals surface area contributed by atoms with Crippen LogP contribution in [0.5, 0.6) is 0 Å². The summed E-state index contributed by atoms with van der Waals surface area (Å²) in [5.74, 6) is 0. The first kappa shape index (κ1) is 13.8. The van der Waals surface area contributed by atoms with Gasteiger partial charge in [-0.05, 0) is 17.2 Å². The molecule has 5 nitrogen and oxygen atoms in total. The summed E-state index contributed by atoms with van der Waals surface area (Å²) in [6, 6.07) is 5.46. The number of rotatable bonds is 3. The van der Waals surface area contributed by atoms with Crippen molar-refractivity contribution in [3.63, 3.8) is 0 Å². The van der Waals surface area contributed by atoms with Crippen LogP contribution < -0.4 is 5.73 Å². The van der Waals surface area contributed by atoms with E-state index in [1.807, 2.05) is 12.1 Å². The van der Waals surface area contributed by atoms with Crippen LogP contribution >= 0.6 is 0 Å². The van der Waals surface area contributed by atoms with E-state index in [9.17, 15) is 8.42 Å². The minimum atomic E-state index is -3.39. The Morgan fingerprint density at radius 2 is 2.00 bits per heavy atom. The molecule has 0 radical (unpaired) electrons. The molecule has 108 valence electrons. The highest BCUT2D eigenvalue weighted by molar-refractivity contribution is 7.96. The number of nitrogens with two attached hydrogens (primary N) is 1. The Hall–Kier alpha value is -1.21. The lowest BCUT2D eigenvalue weighted by atomic mass is 10.1. The van der Waals surface area contributed by atoms with E-state index in [1.165, 1.54) is 0 Å². The minimum absolute atomic E-state index is 0.237. The molecule has 0 amide bonds. The smallest absolute Gasteiger partial charge is 0.204 e. The number of benzene rings is 1. The zero-order valence-electron chi connectivity index (χ0n) is 11.2. The molecule has 0 atom stereocenters. The van der Waals surface area contributed by atoms with E-state index in [0.29, 0.717) is 35.1 Å². The molecule has 1 aromatic carbocycles. The summed E-state index contributed by atoms with van der Waals surface area (Å²) in [6.07, 6.45) is 1.78. The third-order valence-corrected chi connectivity index (χ3v) is 5.73. The number of hydrogen-bond acceptors (Lipinski definition) is 5. The predicted octanol–water partition coefficient (Wildman–Crippen LogP) is 0.606. The van der Waals surface area contributed by atoms with E-state index in [1.54, 1.807) is 12.1 Å². The first-order chi connectivity index (χ1) is 9.63. The fourth-order valence-electron chi connectivity index (χ4n) is 2.70. The van der Waals surface area contributed by atoms with Crippen LogP contribution in [-0.4, -0.2) is 46.2 Å². The number of hydrogen-bond donors (Lipinski definition) is 1. The lowest BCUT2D eigenvalue weighted by Crippen LogP contribution is -2.38. The van der Waals surface area contributed by atoms with Crippen molar-refractivity contribution in [3.05, 3.63) is 34.2 Å². The van der Waals surface area contributed by atoms with E-state index in [0.717, 1.165) is 18.7 Å². The number of ether oxygens (including phenoxy) is 1. The first-order valence-electron chi connectivity index (χ1n) is 6.70. The summed E-state index contributed by atoms with van der Waals surface area (Å²) in [5, 5.41) is 0. The fraction of sp³-hybridized carbons (Fsp3) is 0.429. The number of fused-ring (bicyclic) bond motifs is 1. The van der Waals surface area contributed by atoms with Crippen molar-refractivity contribution < 1.29 is 13.2 Å². The van der Waals surface area contributed by atoms with Gasteiger partial charge in [-0.2, -0.15) is 0 Å². The highest BCUT2D eigenvalue weighted by Crippen LogP contribution is 2.35. The molecule has 2 aliphatic heterocycles. The van der Waals surface area contributed by atoms with Gasteiger partial charge in [0.1, 0.15) is 0 Å². The van der Waals surface area contributed by atoms with E-state index in [2.05, 4.69) is 4.90 Å². The van der Waals surface area contributed by atoms with E-state index in [-0.39, 0.29) is 6.54 Å². The van der Waals surface area contributed by atoms with Crippen LogP contribution in [0.1, 0.15) is 11.1 Å². The Morgan fingerprint density at radius 1 is 1.25 bits per heavy atom. The molecule has 0 bridgehead atoms. The average Bonchev–Trinajstić information content (AvgIpc) is 2.71. The van der Waals surface area contributed by atoms with E-state index in [4.69, 9.17) is 10.5 Å². The second kappa shape index (κ2) is 5.29. The zero-order valence-corrected chi connectivity index (χ0v) is 12.0. The highest BCUT2D eigenvalue weighted by Gasteiger charge is 2.32. The number of morpholine rings is 1. The molecule has 3 rings (SSSR count).